The van der Waals surface area contributed by atoms with E-state index in [2.05, 4.69) is 27.0 Å². The predicted octanol–water partition coefficient (Wildman–Crippen LogP) is 3.57. The third-order valence-electron chi connectivity index (χ3n) is 5.74. The number of nitrogens with zero attached hydrogens (tertiary/aromatic N) is 3. The molecular formula is C26H28N4O3. The Bertz CT molecular complexity index is 1130. The summed E-state index contributed by atoms with van der Waals surface area (Å²) in [5.41, 5.74) is 3.43. The van der Waals surface area contributed by atoms with Crippen LogP contribution in [-0.4, -0.2) is 61.1 Å². The largest absolute Gasteiger partial charge is 0.452 e. The maximum absolute atomic E-state index is 12.2. The quantitative estimate of drug-likeness (QED) is 0.444. The first-order valence-electron chi connectivity index (χ1n) is 11.2. The molecule has 1 amide bonds. The SMILES string of the molecule is CCN1CCN(c2ccc(NC(=O)COC(=O)/C=C/c3cccc4cccnc34)cc2)CC1. The Morgan fingerprint density at radius 1 is 1.03 bits per heavy atom. The van der Waals surface area contributed by atoms with E-state index in [1.54, 1.807) is 12.3 Å². The number of para-hydroxylation sites is 1. The zero-order chi connectivity index (χ0) is 23.0. The lowest BCUT2D eigenvalue weighted by molar-refractivity contribution is -0.142. The number of hydrogen-bond acceptors (Lipinski definition) is 6. The topological polar surface area (TPSA) is 74.8 Å². The molecule has 1 aliphatic rings. The molecule has 0 spiro atoms. The fraction of sp³-hybridized carbons (Fsp3) is 0.269. The molecule has 170 valence electrons. The van der Waals surface area contributed by atoms with E-state index in [1.807, 2.05) is 54.6 Å². The van der Waals surface area contributed by atoms with Gasteiger partial charge >= 0.3 is 5.97 Å². The fourth-order valence-corrected chi connectivity index (χ4v) is 3.88. The van der Waals surface area contributed by atoms with Crippen LogP contribution in [0.25, 0.3) is 17.0 Å². The van der Waals surface area contributed by atoms with Crippen molar-refractivity contribution in [2.24, 2.45) is 0 Å². The van der Waals surface area contributed by atoms with Gasteiger partial charge in [0.05, 0.1) is 5.52 Å². The number of hydrogen-bond donors (Lipinski definition) is 1. The van der Waals surface area contributed by atoms with Crippen LogP contribution in [0.1, 0.15) is 12.5 Å². The van der Waals surface area contributed by atoms with E-state index >= 15 is 0 Å². The van der Waals surface area contributed by atoms with Crippen molar-refractivity contribution in [3.05, 3.63) is 72.4 Å². The summed E-state index contributed by atoms with van der Waals surface area (Å²) < 4.78 is 5.08. The van der Waals surface area contributed by atoms with E-state index in [1.165, 1.54) is 6.08 Å². The first kappa shape index (κ1) is 22.5. The maximum Gasteiger partial charge on any atom is 0.331 e. The van der Waals surface area contributed by atoms with Crippen LogP contribution < -0.4 is 10.2 Å². The lowest BCUT2D eigenvalue weighted by Crippen LogP contribution is -2.46. The first-order chi connectivity index (χ1) is 16.1. The number of nitrogens with one attached hydrogen (secondary N) is 1. The van der Waals surface area contributed by atoms with Crippen molar-refractivity contribution in [3.8, 4) is 0 Å². The van der Waals surface area contributed by atoms with Crippen molar-refractivity contribution in [1.82, 2.24) is 9.88 Å². The molecule has 1 saturated heterocycles. The molecule has 33 heavy (non-hydrogen) atoms. The van der Waals surface area contributed by atoms with Crippen LogP contribution >= 0.6 is 0 Å². The smallest absolute Gasteiger partial charge is 0.331 e. The molecule has 7 heteroatoms. The van der Waals surface area contributed by atoms with Crippen LogP contribution in [0.15, 0.2) is 66.9 Å². The number of rotatable bonds is 7. The number of pyridine rings is 1. The first-order valence-corrected chi connectivity index (χ1v) is 11.2. The van der Waals surface area contributed by atoms with Crippen LogP contribution in [0, 0.1) is 0 Å². The summed E-state index contributed by atoms with van der Waals surface area (Å²) in [6, 6.07) is 17.3. The van der Waals surface area contributed by atoms with Gasteiger partial charge in [0, 0.05) is 60.8 Å². The standard InChI is InChI=1S/C26H28N4O3/c1-2-29-15-17-30(18-16-29)23-11-9-22(10-12-23)28-24(31)19-33-25(32)13-8-21-6-3-5-20-7-4-14-27-26(20)21/h3-14H,2,15-19H2,1H3,(H,28,31)/b13-8+. The number of fused-ring (bicyclic) bond motifs is 1. The molecule has 0 bridgehead atoms. The summed E-state index contributed by atoms with van der Waals surface area (Å²) in [6.45, 7) is 7.04. The third-order valence-corrected chi connectivity index (χ3v) is 5.74. The molecule has 0 aliphatic carbocycles. The van der Waals surface area contributed by atoms with Crippen LogP contribution in [0.5, 0.6) is 0 Å². The molecule has 0 atom stereocenters. The molecule has 7 nitrogen and oxygen atoms in total. The third kappa shape index (κ3) is 5.96. The summed E-state index contributed by atoms with van der Waals surface area (Å²) in [5, 5.41) is 3.75. The van der Waals surface area contributed by atoms with Crippen molar-refractivity contribution < 1.29 is 14.3 Å². The Morgan fingerprint density at radius 2 is 1.79 bits per heavy atom. The molecule has 2 heterocycles. The lowest BCUT2D eigenvalue weighted by atomic mass is 10.1. The van der Waals surface area contributed by atoms with E-state index in [4.69, 9.17) is 4.74 Å². The molecule has 0 radical (unpaired) electrons. The van der Waals surface area contributed by atoms with Gasteiger partial charge in [-0.1, -0.05) is 31.2 Å². The second kappa shape index (κ2) is 10.7. The second-order valence-electron chi connectivity index (χ2n) is 7.88. The normalized spacial score (nSPS) is 14.5. The number of carbonyl (C=O) groups excluding carboxylic acids is 2. The summed E-state index contributed by atoms with van der Waals surface area (Å²) in [4.78, 5) is 33.4. The van der Waals surface area contributed by atoms with Crippen molar-refractivity contribution >= 4 is 40.2 Å². The molecular weight excluding hydrogens is 416 g/mol. The van der Waals surface area contributed by atoms with Crippen molar-refractivity contribution in [1.29, 1.82) is 0 Å². The zero-order valence-electron chi connectivity index (χ0n) is 18.7. The van der Waals surface area contributed by atoms with E-state index in [0.717, 1.165) is 54.9 Å². The van der Waals surface area contributed by atoms with E-state index in [-0.39, 0.29) is 12.5 Å². The minimum Gasteiger partial charge on any atom is -0.452 e. The van der Waals surface area contributed by atoms with Crippen LogP contribution in [0.3, 0.4) is 0 Å². The van der Waals surface area contributed by atoms with Gasteiger partial charge in [-0.25, -0.2) is 4.79 Å². The fourth-order valence-electron chi connectivity index (χ4n) is 3.88. The number of anilines is 2. The second-order valence-corrected chi connectivity index (χ2v) is 7.88. The Hall–Kier alpha value is -3.71. The summed E-state index contributed by atoms with van der Waals surface area (Å²) in [7, 11) is 0. The number of esters is 1. The highest BCUT2D eigenvalue weighted by Gasteiger charge is 2.15. The number of benzene rings is 2. The van der Waals surface area contributed by atoms with Gasteiger partial charge in [-0.3, -0.25) is 9.78 Å². The average Bonchev–Trinajstić information content (AvgIpc) is 2.86. The summed E-state index contributed by atoms with van der Waals surface area (Å²) in [6.07, 6.45) is 4.67. The number of carbonyl (C=O) groups is 2. The summed E-state index contributed by atoms with van der Waals surface area (Å²) in [5.74, 6) is -0.965. The van der Waals surface area contributed by atoms with E-state index in [0.29, 0.717) is 5.69 Å². The molecule has 1 N–H and O–H groups in total. The van der Waals surface area contributed by atoms with Gasteiger partial charge in [-0.05, 0) is 43.0 Å². The van der Waals surface area contributed by atoms with Crippen molar-refractivity contribution in [2.75, 3.05) is 49.5 Å². The monoisotopic (exact) mass is 444 g/mol. The number of likely N-dealkylation sites (N-methyl/N-ethyl adjacent to an activating group) is 1. The van der Waals surface area contributed by atoms with E-state index < -0.39 is 5.97 Å². The number of ether oxygens (including phenoxy) is 1. The molecule has 1 aromatic heterocycles. The van der Waals surface area contributed by atoms with Crippen molar-refractivity contribution in [2.45, 2.75) is 6.92 Å². The Labute approximate surface area is 193 Å². The van der Waals surface area contributed by atoms with Gasteiger partial charge in [0.2, 0.25) is 0 Å². The lowest BCUT2D eigenvalue weighted by Gasteiger charge is -2.35. The summed E-state index contributed by atoms with van der Waals surface area (Å²) >= 11 is 0. The van der Waals surface area contributed by atoms with E-state index in [9.17, 15) is 9.59 Å². The molecule has 2 aromatic carbocycles. The number of aromatic nitrogens is 1. The van der Waals surface area contributed by atoms with Crippen LogP contribution in [-0.2, 0) is 14.3 Å². The van der Waals surface area contributed by atoms with Gasteiger partial charge < -0.3 is 19.9 Å². The molecule has 1 aliphatic heterocycles. The van der Waals surface area contributed by atoms with Gasteiger partial charge in [-0.2, -0.15) is 0 Å². The molecule has 0 saturated carbocycles. The number of amides is 1. The highest BCUT2D eigenvalue weighted by Crippen LogP contribution is 2.20. The van der Waals surface area contributed by atoms with Crippen molar-refractivity contribution in [3.63, 3.8) is 0 Å². The molecule has 4 rings (SSSR count). The van der Waals surface area contributed by atoms with Crippen LogP contribution in [0.2, 0.25) is 0 Å². The highest BCUT2D eigenvalue weighted by molar-refractivity contribution is 5.96. The highest BCUT2D eigenvalue weighted by atomic mass is 16.5. The van der Waals surface area contributed by atoms with Gasteiger partial charge in [0.1, 0.15) is 0 Å². The average molecular weight is 445 g/mol. The van der Waals surface area contributed by atoms with Gasteiger partial charge in [-0.15, -0.1) is 0 Å². The Kier molecular flexibility index (Phi) is 7.32. The molecule has 1 fully saturated rings. The molecule has 0 unspecified atom stereocenters. The minimum atomic E-state index is -0.584. The Balaban J connectivity index is 1.25. The molecule has 3 aromatic rings. The zero-order valence-corrected chi connectivity index (χ0v) is 18.7. The van der Waals surface area contributed by atoms with Crippen LogP contribution in [0.4, 0.5) is 11.4 Å². The predicted molar refractivity (Wildman–Crippen MR) is 131 cm³/mol. The minimum absolute atomic E-state index is 0.350. The maximum atomic E-state index is 12.2. The van der Waals surface area contributed by atoms with Gasteiger partial charge in [0.25, 0.3) is 5.91 Å². The number of piperazine rings is 1. The Morgan fingerprint density at radius 3 is 2.55 bits per heavy atom. The van der Waals surface area contributed by atoms with Gasteiger partial charge in [0.15, 0.2) is 6.61 Å².